The minimum absolute atomic E-state index is 0.0162. The molecule has 0 radical (unpaired) electrons. The molecule has 1 aromatic rings. The van der Waals surface area contributed by atoms with Crippen LogP contribution in [-0.2, 0) is 0 Å². The average molecular weight is 262 g/mol. The van der Waals surface area contributed by atoms with Crippen LogP contribution in [0.5, 0.6) is 0 Å². The van der Waals surface area contributed by atoms with Crippen molar-refractivity contribution >= 4 is 23.0 Å². The first kappa shape index (κ1) is 13.7. The van der Waals surface area contributed by atoms with Crippen molar-refractivity contribution in [3.8, 4) is 0 Å². The number of nitrogens with one attached hydrogen (secondary N) is 1. The molecular formula is C10H13ClFN3O2. The summed E-state index contributed by atoms with van der Waals surface area (Å²) >= 11 is 5.57. The van der Waals surface area contributed by atoms with E-state index in [1.807, 2.05) is 6.92 Å². The third-order valence-electron chi connectivity index (χ3n) is 2.15. The van der Waals surface area contributed by atoms with Gasteiger partial charge in [-0.3, -0.25) is 10.1 Å². The summed E-state index contributed by atoms with van der Waals surface area (Å²) in [6.45, 7) is 2.29. The van der Waals surface area contributed by atoms with Crippen LogP contribution in [0.25, 0.3) is 0 Å². The number of rotatable bonds is 5. The second-order valence-electron chi connectivity index (χ2n) is 3.73. The molecule has 0 aromatic heterocycles. The maximum absolute atomic E-state index is 13.1. The summed E-state index contributed by atoms with van der Waals surface area (Å²) in [5.41, 5.74) is 5.41. The lowest BCUT2D eigenvalue weighted by Gasteiger charge is -2.09. The van der Waals surface area contributed by atoms with Gasteiger partial charge in [0.25, 0.3) is 5.69 Å². The van der Waals surface area contributed by atoms with Crippen LogP contribution in [0.4, 0.5) is 15.8 Å². The Morgan fingerprint density at radius 1 is 1.65 bits per heavy atom. The molecule has 0 saturated heterocycles. The maximum Gasteiger partial charge on any atom is 0.295 e. The number of nitrogens with zero attached hydrogens (tertiary/aromatic N) is 1. The van der Waals surface area contributed by atoms with Crippen molar-refractivity contribution in [2.75, 3.05) is 11.9 Å². The fraction of sp³-hybridized carbons (Fsp3) is 0.400. The smallest absolute Gasteiger partial charge is 0.295 e. The third-order valence-corrected chi connectivity index (χ3v) is 2.44. The number of nitro groups is 1. The van der Waals surface area contributed by atoms with Crippen molar-refractivity contribution in [3.05, 3.63) is 33.1 Å². The van der Waals surface area contributed by atoms with E-state index in [1.54, 1.807) is 0 Å². The lowest BCUT2D eigenvalue weighted by atomic mass is 10.2. The predicted molar refractivity (Wildman–Crippen MR) is 64.8 cm³/mol. The molecule has 0 aliphatic heterocycles. The summed E-state index contributed by atoms with van der Waals surface area (Å²) in [6.07, 6.45) is 0.645. The second-order valence-corrected chi connectivity index (χ2v) is 4.14. The van der Waals surface area contributed by atoms with Gasteiger partial charge in [-0.25, -0.2) is 4.39 Å². The normalized spacial score (nSPS) is 12.2. The van der Waals surface area contributed by atoms with Gasteiger partial charge in [-0.1, -0.05) is 11.6 Å². The molecular weight excluding hydrogens is 249 g/mol. The van der Waals surface area contributed by atoms with Crippen LogP contribution in [-0.4, -0.2) is 17.5 Å². The Kier molecular flexibility index (Phi) is 4.65. The van der Waals surface area contributed by atoms with E-state index in [9.17, 15) is 14.5 Å². The highest BCUT2D eigenvalue weighted by molar-refractivity contribution is 6.31. The zero-order chi connectivity index (χ0) is 13.0. The number of halogens is 2. The Hall–Kier alpha value is -1.40. The molecule has 5 nitrogen and oxygen atoms in total. The largest absolute Gasteiger partial charge is 0.379 e. The van der Waals surface area contributed by atoms with Gasteiger partial charge >= 0.3 is 0 Å². The Morgan fingerprint density at radius 3 is 2.82 bits per heavy atom. The molecule has 0 amide bonds. The summed E-state index contributed by atoms with van der Waals surface area (Å²) in [6, 6.07) is 1.99. The molecule has 0 saturated carbocycles. The van der Waals surface area contributed by atoms with Gasteiger partial charge in [-0.05, 0) is 19.4 Å². The van der Waals surface area contributed by atoms with Gasteiger partial charge in [0, 0.05) is 12.6 Å². The topological polar surface area (TPSA) is 81.2 Å². The van der Waals surface area contributed by atoms with E-state index in [4.69, 9.17) is 17.3 Å². The SMILES string of the molecule is CC(N)CCNc1cc(Cl)c(F)cc1[N+](=O)[O-]. The number of benzene rings is 1. The fourth-order valence-corrected chi connectivity index (χ4v) is 1.43. The van der Waals surface area contributed by atoms with Crippen LogP contribution in [0.1, 0.15) is 13.3 Å². The van der Waals surface area contributed by atoms with Crippen molar-refractivity contribution in [1.29, 1.82) is 0 Å². The van der Waals surface area contributed by atoms with Crippen LogP contribution in [0.15, 0.2) is 12.1 Å². The fourth-order valence-electron chi connectivity index (χ4n) is 1.26. The molecule has 3 N–H and O–H groups in total. The minimum Gasteiger partial charge on any atom is -0.379 e. The summed E-state index contributed by atoms with van der Waals surface area (Å²) in [7, 11) is 0. The van der Waals surface area contributed by atoms with Gasteiger partial charge in [0.05, 0.1) is 16.0 Å². The molecule has 0 aliphatic carbocycles. The first-order valence-corrected chi connectivity index (χ1v) is 5.42. The van der Waals surface area contributed by atoms with E-state index < -0.39 is 10.7 Å². The Labute approximate surface area is 103 Å². The minimum atomic E-state index is -0.809. The highest BCUT2D eigenvalue weighted by Gasteiger charge is 2.17. The van der Waals surface area contributed by atoms with Crippen LogP contribution in [0, 0.1) is 15.9 Å². The molecule has 94 valence electrons. The maximum atomic E-state index is 13.1. The lowest BCUT2D eigenvalue weighted by molar-refractivity contribution is -0.384. The van der Waals surface area contributed by atoms with Crippen LogP contribution < -0.4 is 11.1 Å². The zero-order valence-electron chi connectivity index (χ0n) is 9.24. The Bertz CT molecular complexity index is 426. The van der Waals surface area contributed by atoms with E-state index in [2.05, 4.69) is 5.32 Å². The van der Waals surface area contributed by atoms with E-state index in [-0.39, 0.29) is 22.4 Å². The average Bonchev–Trinajstić information content (AvgIpc) is 2.22. The summed E-state index contributed by atoms with van der Waals surface area (Å²) in [5, 5.41) is 13.4. The van der Waals surface area contributed by atoms with E-state index in [1.165, 1.54) is 6.07 Å². The van der Waals surface area contributed by atoms with Gasteiger partial charge in [0.15, 0.2) is 0 Å². The quantitative estimate of drug-likeness (QED) is 0.630. The molecule has 1 unspecified atom stereocenters. The molecule has 7 heteroatoms. The summed E-state index contributed by atoms with van der Waals surface area (Å²) in [5.74, 6) is -0.809. The van der Waals surface area contributed by atoms with E-state index in [0.717, 1.165) is 6.07 Å². The summed E-state index contributed by atoms with van der Waals surface area (Å²) in [4.78, 5) is 10.1. The molecule has 1 atom stereocenters. The predicted octanol–water partition coefficient (Wildman–Crippen LogP) is 2.54. The van der Waals surface area contributed by atoms with Crippen molar-refractivity contribution in [2.24, 2.45) is 5.73 Å². The molecule has 0 bridgehead atoms. The molecule has 1 aromatic carbocycles. The van der Waals surface area contributed by atoms with Crippen LogP contribution in [0.3, 0.4) is 0 Å². The molecule has 0 aliphatic rings. The van der Waals surface area contributed by atoms with Gasteiger partial charge in [0.2, 0.25) is 0 Å². The Morgan fingerprint density at radius 2 is 2.29 bits per heavy atom. The molecule has 0 fully saturated rings. The van der Waals surface area contributed by atoms with Gasteiger partial charge in [-0.2, -0.15) is 0 Å². The molecule has 0 heterocycles. The molecule has 17 heavy (non-hydrogen) atoms. The summed E-state index contributed by atoms with van der Waals surface area (Å²) < 4.78 is 13.1. The third kappa shape index (κ3) is 3.83. The number of hydrogen-bond acceptors (Lipinski definition) is 4. The highest BCUT2D eigenvalue weighted by Crippen LogP contribution is 2.30. The van der Waals surface area contributed by atoms with Gasteiger partial charge in [0.1, 0.15) is 11.5 Å². The van der Waals surface area contributed by atoms with Crippen molar-refractivity contribution < 1.29 is 9.31 Å². The van der Waals surface area contributed by atoms with E-state index in [0.29, 0.717) is 13.0 Å². The van der Waals surface area contributed by atoms with Crippen LogP contribution >= 0.6 is 11.6 Å². The first-order valence-electron chi connectivity index (χ1n) is 5.04. The first-order chi connectivity index (χ1) is 7.91. The van der Waals surface area contributed by atoms with E-state index >= 15 is 0 Å². The Balaban J connectivity index is 2.89. The molecule has 0 spiro atoms. The zero-order valence-corrected chi connectivity index (χ0v) is 10.00. The van der Waals surface area contributed by atoms with Gasteiger partial charge < -0.3 is 11.1 Å². The molecule has 1 rings (SSSR count). The number of anilines is 1. The second kappa shape index (κ2) is 5.79. The van der Waals surface area contributed by atoms with Crippen molar-refractivity contribution in [3.63, 3.8) is 0 Å². The van der Waals surface area contributed by atoms with Crippen molar-refractivity contribution in [1.82, 2.24) is 0 Å². The lowest BCUT2D eigenvalue weighted by Crippen LogP contribution is -2.19. The number of nitro benzene ring substituents is 1. The van der Waals surface area contributed by atoms with Crippen LogP contribution in [0.2, 0.25) is 5.02 Å². The standard InChI is InChI=1S/C10H13ClFN3O2/c1-6(13)2-3-14-9-4-7(11)8(12)5-10(9)15(16)17/h4-6,14H,2-3,13H2,1H3. The van der Waals surface area contributed by atoms with Crippen molar-refractivity contribution in [2.45, 2.75) is 19.4 Å². The monoisotopic (exact) mass is 261 g/mol. The van der Waals surface area contributed by atoms with Gasteiger partial charge in [-0.15, -0.1) is 0 Å². The highest BCUT2D eigenvalue weighted by atomic mass is 35.5. The number of nitrogens with two attached hydrogens (primary N) is 1. The number of hydrogen-bond donors (Lipinski definition) is 2.